The van der Waals surface area contributed by atoms with Gasteiger partial charge in [-0.25, -0.2) is 4.98 Å². The molecular weight excluding hydrogens is 326 g/mol. The minimum absolute atomic E-state index is 0.138. The summed E-state index contributed by atoms with van der Waals surface area (Å²) in [7, 11) is 3.16. The number of hydrogen-bond donors (Lipinski definition) is 2. The minimum Gasteiger partial charge on any atom is -0.510 e. The number of aromatic nitrogens is 1. The molecule has 0 unspecified atom stereocenters. The van der Waals surface area contributed by atoms with Crippen LogP contribution in [0.4, 0.5) is 5.69 Å². The highest BCUT2D eigenvalue weighted by atomic mass is 32.1. The number of ether oxygens (including phenoxy) is 2. The van der Waals surface area contributed by atoms with Crippen LogP contribution in [0.3, 0.4) is 0 Å². The van der Waals surface area contributed by atoms with Crippen molar-refractivity contribution in [1.82, 2.24) is 4.98 Å². The van der Waals surface area contributed by atoms with E-state index < -0.39 is 0 Å². The first-order valence-electron chi connectivity index (χ1n) is 7.41. The van der Waals surface area contributed by atoms with Crippen LogP contribution in [-0.2, 0) is 0 Å². The predicted octanol–water partition coefficient (Wildman–Crippen LogP) is 3.54. The lowest BCUT2D eigenvalue weighted by Crippen LogP contribution is -2.26. The Morgan fingerprint density at radius 1 is 1.25 bits per heavy atom. The second kappa shape index (κ2) is 6.16. The minimum atomic E-state index is 0.138. The molecule has 0 radical (unpaired) electrons. The fourth-order valence-corrected chi connectivity index (χ4v) is 3.58. The van der Waals surface area contributed by atoms with Crippen molar-refractivity contribution in [2.45, 2.75) is 13.8 Å². The Kier molecular flexibility index (Phi) is 4.19. The van der Waals surface area contributed by atoms with Gasteiger partial charge in [0.15, 0.2) is 0 Å². The maximum atomic E-state index is 10.4. The van der Waals surface area contributed by atoms with E-state index in [1.54, 1.807) is 37.3 Å². The van der Waals surface area contributed by atoms with E-state index in [0.717, 1.165) is 10.6 Å². The van der Waals surface area contributed by atoms with Crippen LogP contribution in [0.2, 0.25) is 0 Å². The Bertz CT molecular complexity index is 822. The predicted molar refractivity (Wildman–Crippen MR) is 95.8 cm³/mol. The zero-order valence-electron chi connectivity index (χ0n) is 14.0. The molecule has 1 aromatic heterocycles. The number of methoxy groups -OCH3 is 2. The van der Waals surface area contributed by atoms with Crippen molar-refractivity contribution >= 4 is 28.4 Å². The smallest absolute Gasteiger partial charge is 0.142 e. The molecule has 1 aromatic carbocycles. The third-order valence-electron chi connectivity index (χ3n) is 4.02. The van der Waals surface area contributed by atoms with Gasteiger partial charge in [0.05, 0.1) is 37.7 Å². The number of benzene rings is 1. The van der Waals surface area contributed by atoms with Crippen LogP contribution in [0.15, 0.2) is 24.0 Å². The molecule has 6 nitrogen and oxygen atoms in total. The summed E-state index contributed by atoms with van der Waals surface area (Å²) in [5, 5.41) is 19.6. The molecule has 7 heteroatoms. The molecule has 2 aromatic rings. The van der Waals surface area contributed by atoms with Crippen molar-refractivity contribution in [3.63, 3.8) is 0 Å². The zero-order valence-corrected chi connectivity index (χ0v) is 14.8. The van der Waals surface area contributed by atoms with Gasteiger partial charge in [-0.3, -0.25) is 5.41 Å². The Morgan fingerprint density at radius 2 is 2.00 bits per heavy atom. The number of rotatable bonds is 4. The number of nitrogens with one attached hydrogen (secondary N) is 1. The zero-order chi connectivity index (χ0) is 17.4. The number of nitrogens with zero attached hydrogens (tertiary/aromatic N) is 2. The average Bonchev–Trinajstić information content (AvgIpc) is 3.05. The third kappa shape index (κ3) is 2.60. The first-order valence-corrected chi connectivity index (χ1v) is 8.23. The molecule has 0 fully saturated rings. The molecule has 0 bridgehead atoms. The van der Waals surface area contributed by atoms with E-state index in [-0.39, 0.29) is 18.1 Å². The van der Waals surface area contributed by atoms with Gasteiger partial charge in [-0.1, -0.05) is 0 Å². The summed E-state index contributed by atoms with van der Waals surface area (Å²) in [5.41, 5.74) is 2.06. The number of aliphatic hydroxyl groups excluding tert-OH is 1. The molecule has 0 saturated heterocycles. The third-order valence-corrected chi connectivity index (χ3v) is 5.11. The molecule has 24 heavy (non-hydrogen) atoms. The van der Waals surface area contributed by atoms with E-state index in [1.807, 2.05) is 13.8 Å². The van der Waals surface area contributed by atoms with Crippen LogP contribution in [0, 0.1) is 19.3 Å². The number of anilines is 1. The number of thiazole rings is 1. The Hall–Kier alpha value is -2.54. The first kappa shape index (κ1) is 16.3. The van der Waals surface area contributed by atoms with Crippen LogP contribution in [-0.4, -0.2) is 36.7 Å². The lowest BCUT2D eigenvalue weighted by atomic mass is 10.2. The topological polar surface area (TPSA) is 78.7 Å². The highest BCUT2D eigenvalue weighted by Crippen LogP contribution is 2.39. The van der Waals surface area contributed by atoms with E-state index in [1.165, 1.54) is 11.3 Å². The second-order valence-corrected chi connectivity index (χ2v) is 6.66. The van der Waals surface area contributed by atoms with Crippen LogP contribution in [0.25, 0.3) is 5.57 Å². The number of aliphatic hydroxyl groups is 1. The van der Waals surface area contributed by atoms with Gasteiger partial charge in [0, 0.05) is 10.9 Å². The van der Waals surface area contributed by atoms with E-state index in [2.05, 4.69) is 4.98 Å². The quantitative estimate of drug-likeness (QED) is 0.886. The van der Waals surface area contributed by atoms with Gasteiger partial charge in [0.1, 0.15) is 28.1 Å². The van der Waals surface area contributed by atoms with Gasteiger partial charge in [-0.15, -0.1) is 11.3 Å². The molecule has 1 aliphatic rings. The first-order chi connectivity index (χ1) is 11.5. The molecule has 126 valence electrons. The van der Waals surface area contributed by atoms with Gasteiger partial charge < -0.3 is 19.5 Å². The maximum Gasteiger partial charge on any atom is 0.142 e. The number of hydrogen-bond acceptors (Lipinski definition) is 6. The van der Waals surface area contributed by atoms with E-state index in [4.69, 9.17) is 14.9 Å². The van der Waals surface area contributed by atoms with Crippen LogP contribution in [0.5, 0.6) is 11.5 Å². The molecular formula is C17H19N3O3S. The number of amidine groups is 1. The van der Waals surface area contributed by atoms with E-state index in [9.17, 15) is 5.11 Å². The molecule has 0 saturated carbocycles. The summed E-state index contributed by atoms with van der Waals surface area (Å²) in [6.45, 7) is 4.11. The molecule has 2 heterocycles. The van der Waals surface area contributed by atoms with Gasteiger partial charge in [-0.2, -0.15) is 0 Å². The van der Waals surface area contributed by atoms with Gasteiger partial charge in [0.2, 0.25) is 0 Å². The molecule has 0 atom stereocenters. The highest BCUT2D eigenvalue weighted by Gasteiger charge is 2.33. The summed E-state index contributed by atoms with van der Waals surface area (Å²) >= 11 is 1.48. The van der Waals surface area contributed by atoms with Crippen LogP contribution in [0.1, 0.15) is 15.6 Å². The molecule has 2 N–H and O–H groups in total. The molecule has 3 rings (SSSR count). The van der Waals surface area contributed by atoms with Crippen molar-refractivity contribution in [3.05, 3.63) is 39.5 Å². The standard InChI is InChI=1S/C17H19N3O3S/c1-9-10(2)24-17(19-9)15-13(21)8-20(16(15)18)12-7-11(22-3)5-6-14(12)23-4/h5-7,18,21H,8H2,1-4H3. The largest absolute Gasteiger partial charge is 0.510 e. The maximum absolute atomic E-state index is 10.4. The summed E-state index contributed by atoms with van der Waals surface area (Å²) < 4.78 is 10.7. The Labute approximate surface area is 144 Å². The van der Waals surface area contributed by atoms with Crippen molar-refractivity contribution < 1.29 is 14.6 Å². The monoisotopic (exact) mass is 345 g/mol. The van der Waals surface area contributed by atoms with Crippen molar-refractivity contribution in [3.8, 4) is 11.5 Å². The highest BCUT2D eigenvalue weighted by molar-refractivity contribution is 7.13. The fourth-order valence-electron chi connectivity index (χ4n) is 2.60. The van der Waals surface area contributed by atoms with Crippen molar-refractivity contribution in [2.75, 3.05) is 25.7 Å². The van der Waals surface area contributed by atoms with Gasteiger partial charge in [-0.05, 0) is 26.0 Å². The van der Waals surface area contributed by atoms with E-state index in [0.29, 0.717) is 27.8 Å². The average molecular weight is 345 g/mol. The summed E-state index contributed by atoms with van der Waals surface area (Å²) in [6, 6.07) is 5.37. The second-order valence-electron chi connectivity index (χ2n) is 5.45. The van der Waals surface area contributed by atoms with E-state index >= 15 is 0 Å². The molecule has 0 spiro atoms. The van der Waals surface area contributed by atoms with Gasteiger partial charge in [0.25, 0.3) is 0 Å². The van der Waals surface area contributed by atoms with Crippen LogP contribution >= 0.6 is 11.3 Å². The molecule has 1 aliphatic heterocycles. The molecule has 0 aliphatic carbocycles. The van der Waals surface area contributed by atoms with Crippen molar-refractivity contribution in [2.24, 2.45) is 0 Å². The lowest BCUT2D eigenvalue weighted by molar-refractivity contribution is 0.400. The van der Waals surface area contributed by atoms with Crippen LogP contribution < -0.4 is 14.4 Å². The normalized spacial score (nSPS) is 14.5. The molecule has 0 amide bonds. The fraction of sp³-hybridized carbons (Fsp3) is 0.294. The Balaban J connectivity index is 2.01. The summed E-state index contributed by atoms with van der Waals surface area (Å²) in [5.74, 6) is 1.61. The summed E-state index contributed by atoms with van der Waals surface area (Å²) in [4.78, 5) is 7.25. The summed E-state index contributed by atoms with van der Waals surface area (Å²) in [6.07, 6.45) is 0. The lowest BCUT2D eigenvalue weighted by Gasteiger charge is -2.21. The SMILES string of the molecule is COc1ccc(OC)c(N2CC(O)=C(c3nc(C)c(C)s3)C2=N)c1. The van der Waals surface area contributed by atoms with Gasteiger partial charge >= 0.3 is 0 Å². The van der Waals surface area contributed by atoms with Crippen molar-refractivity contribution in [1.29, 1.82) is 5.41 Å². The number of aryl methyl sites for hydroxylation is 2. The Morgan fingerprint density at radius 3 is 2.58 bits per heavy atom.